The maximum atomic E-state index is 12.7. The molecule has 0 aromatic heterocycles. The zero-order valence-electron chi connectivity index (χ0n) is 12.9. The smallest absolute Gasteiger partial charge is 0.333 e. The van der Waals surface area contributed by atoms with Crippen LogP contribution < -0.4 is 5.32 Å². The number of methoxy groups -OCH3 is 1. The number of carbonyl (C=O) groups is 1. The van der Waals surface area contributed by atoms with E-state index in [0.29, 0.717) is 12.6 Å². The molecule has 21 heavy (non-hydrogen) atoms. The molecular formula is C17H25NO3. The predicted octanol–water partition coefficient (Wildman–Crippen LogP) is 2.62. The standard InChI is InChI=1S/C17H25NO3/c1-3-21-16(19)17(13-20-2,14-9-5-4-6-10-14)18-15-11-7-8-12-15/h4-6,9-10,15,18H,3,7-8,11-13H2,1-2H3. The topological polar surface area (TPSA) is 47.6 Å². The van der Waals surface area contributed by atoms with E-state index in [9.17, 15) is 4.79 Å². The lowest BCUT2D eigenvalue weighted by Gasteiger charge is -2.35. The van der Waals surface area contributed by atoms with E-state index in [-0.39, 0.29) is 12.6 Å². The summed E-state index contributed by atoms with van der Waals surface area (Å²) in [6.45, 7) is 2.46. The van der Waals surface area contributed by atoms with Gasteiger partial charge in [0, 0.05) is 13.2 Å². The summed E-state index contributed by atoms with van der Waals surface area (Å²) in [7, 11) is 1.62. The number of hydrogen-bond acceptors (Lipinski definition) is 4. The molecule has 1 fully saturated rings. The average molecular weight is 291 g/mol. The molecule has 1 atom stereocenters. The Labute approximate surface area is 126 Å². The van der Waals surface area contributed by atoms with Crippen LogP contribution in [0.15, 0.2) is 30.3 Å². The molecule has 2 rings (SSSR count). The quantitative estimate of drug-likeness (QED) is 0.785. The molecule has 116 valence electrons. The number of carbonyl (C=O) groups excluding carboxylic acids is 1. The van der Waals surface area contributed by atoms with Crippen LogP contribution in [0.2, 0.25) is 0 Å². The first-order chi connectivity index (χ1) is 10.2. The molecule has 1 aliphatic carbocycles. The monoisotopic (exact) mass is 291 g/mol. The predicted molar refractivity (Wildman–Crippen MR) is 82.0 cm³/mol. The highest BCUT2D eigenvalue weighted by molar-refractivity contribution is 5.83. The molecule has 1 unspecified atom stereocenters. The highest BCUT2D eigenvalue weighted by Gasteiger charge is 2.43. The minimum Gasteiger partial charge on any atom is -0.464 e. The highest BCUT2D eigenvalue weighted by atomic mass is 16.5. The van der Waals surface area contributed by atoms with Gasteiger partial charge in [-0.1, -0.05) is 43.2 Å². The molecule has 1 saturated carbocycles. The van der Waals surface area contributed by atoms with Crippen LogP contribution in [0, 0.1) is 0 Å². The molecule has 0 aliphatic heterocycles. The summed E-state index contributed by atoms with van der Waals surface area (Å²) in [5, 5.41) is 3.53. The van der Waals surface area contributed by atoms with Crippen molar-refractivity contribution in [1.82, 2.24) is 5.32 Å². The van der Waals surface area contributed by atoms with Gasteiger partial charge in [-0.15, -0.1) is 0 Å². The van der Waals surface area contributed by atoms with E-state index in [4.69, 9.17) is 9.47 Å². The Morgan fingerprint density at radius 3 is 2.52 bits per heavy atom. The SMILES string of the molecule is CCOC(=O)C(COC)(NC1CCCC1)c1ccccc1. The summed E-state index contributed by atoms with van der Waals surface area (Å²) in [6.07, 6.45) is 4.60. The first-order valence-electron chi connectivity index (χ1n) is 7.72. The second-order valence-corrected chi connectivity index (χ2v) is 5.55. The third-order valence-electron chi connectivity index (χ3n) is 4.06. The van der Waals surface area contributed by atoms with Crippen molar-refractivity contribution in [3.05, 3.63) is 35.9 Å². The first-order valence-corrected chi connectivity index (χ1v) is 7.72. The van der Waals surface area contributed by atoms with Gasteiger partial charge in [0.15, 0.2) is 5.54 Å². The fourth-order valence-corrected chi connectivity index (χ4v) is 3.06. The van der Waals surface area contributed by atoms with Crippen LogP contribution in [0.1, 0.15) is 38.2 Å². The molecule has 0 saturated heterocycles. The Bertz CT molecular complexity index is 443. The Hall–Kier alpha value is -1.39. The van der Waals surface area contributed by atoms with E-state index in [2.05, 4.69) is 5.32 Å². The van der Waals surface area contributed by atoms with Gasteiger partial charge >= 0.3 is 5.97 Å². The Kier molecular flexibility index (Phi) is 5.76. The molecule has 4 nitrogen and oxygen atoms in total. The summed E-state index contributed by atoms with van der Waals surface area (Å²) in [6, 6.07) is 10.1. The lowest BCUT2D eigenvalue weighted by Crippen LogP contribution is -2.56. The molecule has 0 heterocycles. The minimum absolute atomic E-state index is 0.259. The Morgan fingerprint density at radius 2 is 1.95 bits per heavy atom. The van der Waals surface area contributed by atoms with Gasteiger partial charge in [-0.25, -0.2) is 4.79 Å². The van der Waals surface area contributed by atoms with Crippen LogP contribution in [0.3, 0.4) is 0 Å². The van der Waals surface area contributed by atoms with Gasteiger partial charge in [0.1, 0.15) is 0 Å². The van der Waals surface area contributed by atoms with Gasteiger partial charge in [-0.3, -0.25) is 5.32 Å². The van der Waals surface area contributed by atoms with Crippen LogP contribution in [0.5, 0.6) is 0 Å². The van der Waals surface area contributed by atoms with Crippen molar-refractivity contribution in [2.45, 2.75) is 44.2 Å². The van der Waals surface area contributed by atoms with Crippen LogP contribution in [-0.4, -0.2) is 32.3 Å². The Morgan fingerprint density at radius 1 is 1.29 bits per heavy atom. The number of hydrogen-bond donors (Lipinski definition) is 1. The van der Waals surface area contributed by atoms with Gasteiger partial charge in [0.25, 0.3) is 0 Å². The minimum atomic E-state index is -0.916. The lowest BCUT2D eigenvalue weighted by molar-refractivity contribution is -0.155. The maximum absolute atomic E-state index is 12.7. The fourth-order valence-electron chi connectivity index (χ4n) is 3.06. The van der Waals surface area contributed by atoms with Gasteiger partial charge in [-0.2, -0.15) is 0 Å². The lowest BCUT2D eigenvalue weighted by atomic mass is 9.89. The van der Waals surface area contributed by atoms with Crippen molar-refractivity contribution in [1.29, 1.82) is 0 Å². The average Bonchev–Trinajstić information content (AvgIpc) is 3.00. The van der Waals surface area contributed by atoms with Gasteiger partial charge < -0.3 is 9.47 Å². The highest BCUT2D eigenvalue weighted by Crippen LogP contribution is 2.28. The summed E-state index contributed by atoms with van der Waals surface area (Å²) in [5.74, 6) is -0.259. The van der Waals surface area contributed by atoms with Crippen LogP contribution in [-0.2, 0) is 19.8 Å². The van der Waals surface area contributed by atoms with E-state index in [1.54, 1.807) is 7.11 Å². The fraction of sp³-hybridized carbons (Fsp3) is 0.588. The summed E-state index contributed by atoms with van der Waals surface area (Å²) < 4.78 is 10.7. The molecule has 1 aliphatic rings. The number of esters is 1. The molecule has 0 radical (unpaired) electrons. The summed E-state index contributed by atoms with van der Waals surface area (Å²) >= 11 is 0. The van der Waals surface area contributed by atoms with Gasteiger partial charge in [0.2, 0.25) is 0 Å². The van der Waals surface area contributed by atoms with Crippen LogP contribution in [0.4, 0.5) is 0 Å². The van der Waals surface area contributed by atoms with Crippen molar-refractivity contribution in [2.75, 3.05) is 20.3 Å². The van der Waals surface area contributed by atoms with Crippen molar-refractivity contribution >= 4 is 5.97 Å². The molecule has 1 aromatic rings. The molecule has 0 amide bonds. The Balaban J connectivity index is 2.34. The number of nitrogens with one attached hydrogen (secondary N) is 1. The van der Waals surface area contributed by atoms with E-state index in [0.717, 1.165) is 18.4 Å². The van der Waals surface area contributed by atoms with Crippen LogP contribution >= 0.6 is 0 Å². The van der Waals surface area contributed by atoms with Crippen molar-refractivity contribution in [3.8, 4) is 0 Å². The molecule has 4 heteroatoms. The zero-order chi connectivity index (χ0) is 15.1. The zero-order valence-corrected chi connectivity index (χ0v) is 12.9. The van der Waals surface area contributed by atoms with Crippen molar-refractivity contribution in [3.63, 3.8) is 0 Å². The molecule has 0 bridgehead atoms. The summed E-state index contributed by atoms with van der Waals surface area (Å²) in [4.78, 5) is 12.7. The molecule has 0 spiro atoms. The van der Waals surface area contributed by atoms with E-state index < -0.39 is 5.54 Å². The molecule has 1 aromatic carbocycles. The molecule has 1 N–H and O–H groups in total. The normalized spacial score (nSPS) is 18.4. The number of benzene rings is 1. The maximum Gasteiger partial charge on any atom is 0.333 e. The largest absolute Gasteiger partial charge is 0.464 e. The van der Waals surface area contributed by atoms with E-state index >= 15 is 0 Å². The molecular weight excluding hydrogens is 266 g/mol. The number of ether oxygens (including phenoxy) is 2. The first kappa shape index (κ1) is 16.0. The van der Waals surface area contributed by atoms with Gasteiger partial charge in [-0.05, 0) is 25.3 Å². The van der Waals surface area contributed by atoms with Crippen molar-refractivity contribution < 1.29 is 14.3 Å². The van der Waals surface area contributed by atoms with E-state index in [1.807, 2.05) is 37.3 Å². The van der Waals surface area contributed by atoms with E-state index in [1.165, 1.54) is 12.8 Å². The summed E-state index contributed by atoms with van der Waals surface area (Å²) in [5.41, 5.74) is -0.0155. The third-order valence-corrected chi connectivity index (χ3v) is 4.06. The van der Waals surface area contributed by atoms with Crippen molar-refractivity contribution in [2.24, 2.45) is 0 Å². The second-order valence-electron chi connectivity index (χ2n) is 5.55. The van der Waals surface area contributed by atoms with Crippen LogP contribution in [0.25, 0.3) is 0 Å². The second kappa shape index (κ2) is 7.57. The third kappa shape index (κ3) is 3.63. The number of rotatable bonds is 7. The van der Waals surface area contributed by atoms with Gasteiger partial charge in [0.05, 0.1) is 13.2 Å².